The molecule has 0 saturated carbocycles. The summed E-state index contributed by atoms with van der Waals surface area (Å²) in [6, 6.07) is 6.55. The molecule has 1 saturated heterocycles. The van der Waals surface area contributed by atoms with E-state index >= 15 is 0 Å². The average molecular weight is 277 g/mol. The van der Waals surface area contributed by atoms with E-state index in [0.29, 0.717) is 6.54 Å². The topological polar surface area (TPSA) is 66.8 Å². The first-order valence-electron chi connectivity index (χ1n) is 6.70. The SMILES string of the molecule is C[C@@H]1CC[C@H](C(=O)N(C)Cc2ccc(C(=O)O)cc2)O1. The Morgan fingerprint density at radius 2 is 1.95 bits per heavy atom. The normalized spacial score (nSPS) is 21.7. The van der Waals surface area contributed by atoms with E-state index in [0.717, 1.165) is 18.4 Å². The molecule has 1 amide bonds. The van der Waals surface area contributed by atoms with Gasteiger partial charge in [0.1, 0.15) is 6.10 Å². The predicted octanol–water partition coefficient (Wildman–Crippen LogP) is 1.91. The van der Waals surface area contributed by atoms with E-state index in [1.54, 1.807) is 36.2 Å². The van der Waals surface area contributed by atoms with Crippen molar-refractivity contribution in [2.24, 2.45) is 0 Å². The van der Waals surface area contributed by atoms with Crippen molar-refractivity contribution in [1.29, 1.82) is 0 Å². The Hall–Kier alpha value is -1.88. The highest BCUT2D eigenvalue weighted by Crippen LogP contribution is 2.21. The van der Waals surface area contributed by atoms with Gasteiger partial charge < -0.3 is 14.7 Å². The zero-order chi connectivity index (χ0) is 14.7. The number of hydrogen-bond donors (Lipinski definition) is 1. The van der Waals surface area contributed by atoms with Gasteiger partial charge in [0.25, 0.3) is 5.91 Å². The molecule has 0 aromatic heterocycles. The number of carbonyl (C=O) groups excluding carboxylic acids is 1. The molecule has 0 spiro atoms. The van der Waals surface area contributed by atoms with E-state index in [4.69, 9.17) is 9.84 Å². The Morgan fingerprint density at radius 3 is 2.45 bits per heavy atom. The molecule has 5 heteroatoms. The molecule has 2 atom stereocenters. The van der Waals surface area contributed by atoms with Crippen molar-refractivity contribution in [2.45, 2.75) is 38.5 Å². The summed E-state index contributed by atoms with van der Waals surface area (Å²) in [6.45, 7) is 2.42. The lowest BCUT2D eigenvalue weighted by Gasteiger charge is -2.21. The van der Waals surface area contributed by atoms with Crippen molar-refractivity contribution < 1.29 is 19.4 Å². The van der Waals surface area contributed by atoms with Crippen LogP contribution in [0.4, 0.5) is 0 Å². The van der Waals surface area contributed by atoms with Crippen LogP contribution in [0.3, 0.4) is 0 Å². The van der Waals surface area contributed by atoms with Crippen molar-refractivity contribution in [1.82, 2.24) is 4.90 Å². The Morgan fingerprint density at radius 1 is 1.30 bits per heavy atom. The van der Waals surface area contributed by atoms with Gasteiger partial charge in [0.05, 0.1) is 11.7 Å². The first-order valence-corrected chi connectivity index (χ1v) is 6.70. The quantitative estimate of drug-likeness (QED) is 0.913. The minimum atomic E-state index is -0.950. The molecule has 0 bridgehead atoms. The highest BCUT2D eigenvalue weighted by molar-refractivity contribution is 5.87. The number of amides is 1. The lowest BCUT2D eigenvalue weighted by Crippen LogP contribution is -2.35. The summed E-state index contributed by atoms with van der Waals surface area (Å²) in [6.07, 6.45) is 1.49. The van der Waals surface area contributed by atoms with Gasteiger partial charge in [-0.15, -0.1) is 0 Å². The molecule has 1 N–H and O–H groups in total. The van der Waals surface area contributed by atoms with Gasteiger partial charge in [0, 0.05) is 13.6 Å². The van der Waals surface area contributed by atoms with Crippen molar-refractivity contribution in [3.63, 3.8) is 0 Å². The van der Waals surface area contributed by atoms with E-state index in [1.165, 1.54) is 0 Å². The van der Waals surface area contributed by atoms with Crippen LogP contribution in [0.1, 0.15) is 35.7 Å². The molecule has 108 valence electrons. The summed E-state index contributed by atoms with van der Waals surface area (Å²) in [5, 5.41) is 8.83. The number of carbonyl (C=O) groups is 2. The van der Waals surface area contributed by atoms with Gasteiger partial charge >= 0.3 is 5.97 Å². The molecule has 0 aliphatic carbocycles. The number of hydrogen-bond acceptors (Lipinski definition) is 3. The first kappa shape index (κ1) is 14.5. The van der Waals surface area contributed by atoms with E-state index in [2.05, 4.69) is 0 Å². The van der Waals surface area contributed by atoms with E-state index in [-0.39, 0.29) is 23.7 Å². The van der Waals surface area contributed by atoms with Crippen LogP contribution in [0.2, 0.25) is 0 Å². The summed E-state index contributed by atoms with van der Waals surface area (Å²) in [4.78, 5) is 24.6. The molecule has 1 aromatic rings. The van der Waals surface area contributed by atoms with Crippen LogP contribution in [-0.2, 0) is 16.1 Å². The fourth-order valence-electron chi connectivity index (χ4n) is 2.33. The molecule has 2 rings (SSSR count). The van der Waals surface area contributed by atoms with Crippen molar-refractivity contribution in [3.05, 3.63) is 35.4 Å². The second-order valence-corrected chi connectivity index (χ2v) is 5.21. The smallest absolute Gasteiger partial charge is 0.335 e. The molecule has 1 heterocycles. The minimum absolute atomic E-state index is 0.0170. The molecule has 1 aromatic carbocycles. The van der Waals surface area contributed by atoms with Gasteiger partial charge in [-0.2, -0.15) is 0 Å². The van der Waals surface area contributed by atoms with Crippen LogP contribution in [0, 0.1) is 0 Å². The molecule has 0 unspecified atom stereocenters. The molecule has 1 fully saturated rings. The number of ether oxygens (including phenoxy) is 1. The van der Waals surface area contributed by atoms with Crippen molar-refractivity contribution in [2.75, 3.05) is 7.05 Å². The average Bonchev–Trinajstić information content (AvgIpc) is 2.85. The predicted molar refractivity (Wildman–Crippen MR) is 73.4 cm³/mol. The summed E-state index contributed by atoms with van der Waals surface area (Å²) >= 11 is 0. The summed E-state index contributed by atoms with van der Waals surface area (Å²) in [5.74, 6) is -0.967. The fourth-order valence-corrected chi connectivity index (χ4v) is 2.33. The van der Waals surface area contributed by atoms with Gasteiger partial charge in [0.15, 0.2) is 0 Å². The number of carboxylic acid groups (broad SMARTS) is 1. The van der Waals surface area contributed by atoms with Crippen molar-refractivity contribution in [3.8, 4) is 0 Å². The minimum Gasteiger partial charge on any atom is -0.478 e. The maximum absolute atomic E-state index is 12.2. The molecule has 20 heavy (non-hydrogen) atoms. The van der Waals surface area contributed by atoms with Gasteiger partial charge in [0.2, 0.25) is 0 Å². The van der Waals surface area contributed by atoms with Gasteiger partial charge in [-0.1, -0.05) is 12.1 Å². The van der Waals surface area contributed by atoms with Crippen LogP contribution in [0.25, 0.3) is 0 Å². The third-order valence-corrected chi connectivity index (χ3v) is 3.50. The number of nitrogens with zero attached hydrogens (tertiary/aromatic N) is 1. The van der Waals surface area contributed by atoms with Gasteiger partial charge in [-0.05, 0) is 37.5 Å². The Balaban J connectivity index is 1.95. The molecular formula is C15H19NO4. The fraction of sp³-hybridized carbons (Fsp3) is 0.467. The van der Waals surface area contributed by atoms with Crippen molar-refractivity contribution >= 4 is 11.9 Å². The largest absolute Gasteiger partial charge is 0.478 e. The third kappa shape index (κ3) is 3.36. The van der Waals surface area contributed by atoms with Crippen LogP contribution >= 0.6 is 0 Å². The zero-order valence-electron chi connectivity index (χ0n) is 11.7. The lowest BCUT2D eigenvalue weighted by atomic mass is 10.1. The zero-order valence-corrected chi connectivity index (χ0v) is 11.7. The molecule has 1 aliphatic heterocycles. The molecule has 5 nitrogen and oxygen atoms in total. The number of carboxylic acids is 1. The van der Waals surface area contributed by atoms with E-state index in [9.17, 15) is 9.59 Å². The summed E-state index contributed by atoms with van der Waals surface area (Å²) in [7, 11) is 1.74. The Kier molecular flexibility index (Phi) is 4.39. The van der Waals surface area contributed by atoms with Gasteiger partial charge in [-0.3, -0.25) is 4.79 Å². The number of likely N-dealkylation sites (N-methyl/N-ethyl adjacent to an activating group) is 1. The van der Waals surface area contributed by atoms with Crippen LogP contribution in [-0.4, -0.2) is 41.1 Å². The Labute approximate surface area is 118 Å². The number of benzene rings is 1. The summed E-state index contributed by atoms with van der Waals surface area (Å²) in [5.41, 5.74) is 1.15. The second kappa shape index (κ2) is 6.05. The van der Waals surface area contributed by atoms with E-state index < -0.39 is 5.97 Å². The number of aromatic carboxylic acids is 1. The van der Waals surface area contributed by atoms with Crippen LogP contribution in [0.5, 0.6) is 0 Å². The van der Waals surface area contributed by atoms with Gasteiger partial charge in [-0.25, -0.2) is 4.79 Å². The van der Waals surface area contributed by atoms with Crippen LogP contribution in [0.15, 0.2) is 24.3 Å². The lowest BCUT2D eigenvalue weighted by molar-refractivity contribution is -0.141. The maximum atomic E-state index is 12.2. The Bertz CT molecular complexity index is 497. The highest BCUT2D eigenvalue weighted by atomic mass is 16.5. The monoisotopic (exact) mass is 277 g/mol. The molecule has 0 radical (unpaired) electrons. The maximum Gasteiger partial charge on any atom is 0.335 e. The van der Waals surface area contributed by atoms with E-state index in [1.807, 2.05) is 6.92 Å². The highest BCUT2D eigenvalue weighted by Gasteiger charge is 2.30. The molecular weight excluding hydrogens is 258 g/mol. The number of rotatable bonds is 4. The second-order valence-electron chi connectivity index (χ2n) is 5.21. The standard InChI is InChI=1S/C15H19NO4/c1-10-3-8-13(20-10)14(17)16(2)9-11-4-6-12(7-5-11)15(18)19/h4-7,10,13H,3,8-9H2,1-2H3,(H,18,19)/t10-,13-/m1/s1. The van der Waals surface area contributed by atoms with Crippen LogP contribution < -0.4 is 0 Å². The third-order valence-electron chi connectivity index (χ3n) is 3.50. The summed E-state index contributed by atoms with van der Waals surface area (Å²) < 4.78 is 5.56. The molecule has 1 aliphatic rings. The first-order chi connectivity index (χ1) is 9.47.